The minimum Gasteiger partial charge on any atom is -0.507 e. The fourth-order valence-electron chi connectivity index (χ4n) is 3.25. The molecule has 0 aliphatic carbocycles. The van der Waals surface area contributed by atoms with Gasteiger partial charge in [0.25, 0.3) is 0 Å². The Hall–Kier alpha value is -2.26. The van der Waals surface area contributed by atoms with E-state index in [0.29, 0.717) is 22.4 Å². The van der Waals surface area contributed by atoms with Gasteiger partial charge in [0, 0.05) is 11.8 Å². The van der Waals surface area contributed by atoms with Crippen LogP contribution in [-0.2, 0) is 6.42 Å². The number of aromatic hydroxyl groups is 1. The van der Waals surface area contributed by atoms with Gasteiger partial charge < -0.3 is 9.52 Å². The van der Waals surface area contributed by atoms with E-state index in [1.165, 1.54) is 0 Å². The summed E-state index contributed by atoms with van der Waals surface area (Å²) in [5.41, 5.74) is 2.42. The van der Waals surface area contributed by atoms with E-state index in [-0.39, 0.29) is 11.7 Å². The third-order valence-electron chi connectivity index (χ3n) is 4.51. The number of hydrogen-bond acceptors (Lipinski definition) is 3. The number of fused-ring (bicyclic) bond motifs is 1. The Balaban J connectivity index is 2.12. The molecule has 130 valence electrons. The summed E-state index contributed by atoms with van der Waals surface area (Å²) in [5, 5.41) is 11.3. The molecule has 1 atom stereocenters. The second-order valence-corrected chi connectivity index (χ2v) is 6.55. The Kier molecular flexibility index (Phi) is 5.44. The van der Waals surface area contributed by atoms with Crippen LogP contribution in [0, 0.1) is 0 Å². The first kappa shape index (κ1) is 17.6. The lowest BCUT2D eigenvalue weighted by Crippen LogP contribution is -2.14. The Morgan fingerprint density at radius 3 is 2.52 bits per heavy atom. The minimum absolute atomic E-state index is 0.0233. The molecule has 1 N–H and O–H groups in total. The maximum Gasteiger partial charge on any atom is 0.343 e. The maximum atomic E-state index is 12.6. The van der Waals surface area contributed by atoms with Gasteiger partial charge in [-0.1, -0.05) is 49.7 Å². The Bertz CT molecular complexity index is 913. The molecule has 0 unspecified atom stereocenters. The van der Waals surface area contributed by atoms with Crippen LogP contribution in [0.4, 0.5) is 0 Å². The summed E-state index contributed by atoms with van der Waals surface area (Å²) in [6.45, 7) is 2.06. The zero-order chi connectivity index (χ0) is 17.8. The van der Waals surface area contributed by atoms with Gasteiger partial charge >= 0.3 is 5.63 Å². The normalized spacial score (nSPS) is 12.4. The fourth-order valence-corrected chi connectivity index (χ4v) is 3.47. The lowest BCUT2D eigenvalue weighted by Gasteiger charge is -2.18. The van der Waals surface area contributed by atoms with Crippen molar-refractivity contribution in [3.63, 3.8) is 0 Å². The van der Waals surface area contributed by atoms with Gasteiger partial charge in [0.1, 0.15) is 11.3 Å². The van der Waals surface area contributed by atoms with E-state index in [9.17, 15) is 9.90 Å². The van der Waals surface area contributed by atoms with Crippen LogP contribution in [0.1, 0.15) is 42.4 Å². The largest absolute Gasteiger partial charge is 0.507 e. The highest BCUT2D eigenvalue weighted by Crippen LogP contribution is 2.36. The first-order chi connectivity index (χ1) is 12.2. The van der Waals surface area contributed by atoms with Crippen LogP contribution in [0.25, 0.3) is 11.0 Å². The van der Waals surface area contributed by atoms with Crippen molar-refractivity contribution < 1.29 is 9.52 Å². The van der Waals surface area contributed by atoms with Crippen molar-refractivity contribution in [2.75, 3.05) is 5.88 Å². The average molecular weight is 357 g/mol. The van der Waals surface area contributed by atoms with E-state index in [4.69, 9.17) is 16.0 Å². The molecule has 0 aliphatic heterocycles. The molecule has 3 rings (SSSR count). The van der Waals surface area contributed by atoms with Gasteiger partial charge in [0.15, 0.2) is 0 Å². The van der Waals surface area contributed by atoms with Gasteiger partial charge in [0.2, 0.25) is 0 Å². The summed E-state index contributed by atoms with van der Waals surface area (Å²) < 4.78 is 5.45. The molecule has 1 heterocycles. The van der Waals surface area contributed by atoms with Crippen LogP contribution in [-0.4, -0.2) is 11.0 Å². The minimum atomic E-state index is -0.473. The third kappa shape index (κ3) is 3.57. The summed E-state index contributed by atoms with van der Waals surface area (Å²) in [6.07, 6.45) is 2.45. The first-order valence-corrected chi connectivity index (χ1v) is 9.08. The van der Waals surface area contributed by atoms with Gasteiger partial charge in [-0.3, -0.25) is 0 Å². The van der Waals surface area contributed by atoms with Crippen LogP contribution in [0.2, 0.25) is 0 Å². The molecule has 0 bridgehead atoms. The highest BCUT2D eigenvalue weighted by atomic mass is 35.5. The van der Waals surface area contributed by atoms with Gasteiger partial charge in [0.05, 0.1) is 10.9 Å². The maximum absolute atomic E-state index is 12.6. The second-order valence-electron chi connectivity index (χ2n) is 6.17. The molecule has 4 heteroatoms. The summed E-state index contributed by atoms with van der Waals surface area (Å²) in [6, 6.07) is 15.1. The molecule has 0 fully saturated rings. The summed E-state index contributed by atoms with van der Waals surface area (Å²) >= 11 is 5.79. The average Bonchev–Trinajstić information content (AvgIpc) is 2.62. The van der Waals surface area contributed by atoms with Crippen LogP contribution in [0.5, 0.6) is 5.75 Å². The number of hydrogen-bond donors (Lipinski definition) is 1. The SMILES string of the molecule is CCC[C@@H](c1ccc(CCCl)cc1)c1c(O)c2ccccc2oc1=O. The van der Waals surface area contributed by atoms with Crippen LogP contribution in [0.15, 0.2) is 57.7 Å². The molecule has 0 saturated carbocycles. The molecular formula is C21H21ClO3. The topological polar surface area (TPSA) is 50.4 Å². The molecule has 0 aliphatic rings. The molecule has 1 aromatic heterocycles. The smallest absolute Gasteiger partial charge is 0.343 e. The molecule has 3 aromatic rings. The van der Waals surface area contributed by atoms with Crippen LogP contribution in [0.3, 0.4) is 0 Å². The molecular weight excluding hydrogens is 336 g/mol. The molecule has 25 heavy (non-hydrogen) atoms. The molecule has 0 radical (unpaired) electrons. The van der Waals surface area contributed by atoms with E-state index < -0.39 is 5.63 Å². The Morgan fingerprint density at radius 2 is 1.84 bits per heavy atom. The highest BCUT2D eigenvalue weighted by Gasteiger charge is 2.24. The number of alkyl halides is 1. The standard InChI is InChI=1S/C21H21ClO3/c1-2-5-16(15-10-8-14(9-11-15)12-13-22)19-20(23)17-6-3-4-7-18(17)25-21(19)24/h3-4,6-11,16,23H,2,5,12-13H2,1H3/t16-/m0/s1. The molecule has 2 aromatic carbocycles. The van der Waals surface area contributed by atoms with E-state index in [0.717, 1.165) is 30.4 Å². The summed E-state index contributed by atoms with van der Waals surface area (Å²) in [4.78, 5) is 12.6. The van der Waals surface area contributed by atoms with Gasteiger partial charge in [-0.25, -0.2) is 4.79 Å². The predicted octanol–water partition coefficient (Wildman–Crippen LogP) is 5.21. The van der Waals surface area contributed by atoms with Crippen molar-refractivity contribution >= 4 is 22.6 Å². The Morgan fingerprint density at radius 1 is 1.12 bits per heavy atom. The number of halogens is 1. The number of para-hydroxylation sites is 1. The molecule has 0 saturated heterocycles. The lowest BCUT2D eigenvalue weighted by molar-refractivity contribution is 0.448. The summed E-state index contributed by atoms with van der Waals surface area (Å²) in [5.74, 6) is 0.401. The number of benzene rings is 2. The molecule has 3 nitrogen and oxygen atoms in total. The monoisotopic (exact) mass is 356 g/mol. The molecule has 0 spiro atoms. The van der Waals surface area contributed by atoms with E-state index in [1.54, 1.807) is 18.2 Å². The van der Waals surface area contributed by atoms with Crippen molar-refractivity contribution in [1.82, 2.24) is 0 Å². The lowest BCUT2D eigenvalue weighted by atomic mass is 9.87. The zero-order valence-electron chi connectivity index (χ0n) is 14.2. The Labute approximate surface area is 151 Å². The van der Waals surface area contributed by atoms with Crippen LogP contribution >= 0.6 is 11.6 Å². The summed E-state index contributed by atoms with van der Waals surface area (Å²) in [7, 11) is 0. The van der Waals surface area contributed by atoms with Crippen molar-refractivity contribution in [2.24, 2.45) is 0 Å². The van der Waals surface area contributed by atoms with Crippen molar-refractivity contribution in [2.45, 2.75) is 32.1 Å². The van der Waals surface area contributed by atoms with E-state index in [2.05, 4.69) is 6.92 Å². The van der Waals surface area contributed by atoms with Crippen molar-refractivity contribution in [3.8, 4) is 5.75 Å². The van der Waals surface area contributed by atoms with Crippen molar-refractivity contribution in [3.05, 3.63) is 75.6 Å². The number of aryl methyl sites for hydroxylation is 1. The second kappa shape index (κ2) is 7.75. The van der Waals surface area contributed by atoms with Crippen LogP contribution < -0.4 is 5.63 Å². The zero-order valence-corrected chi connectivity index (χ0v) is 14.9. The number of rotatable bonds is 6. The van der Waals surface area contributed by atoms with Crippen molar-refractivity contribution in [1.29, 1.82) is 0 Å². The molecule has 0 amide bonds. The first-order valence-electron chi connectivity index (χ1n) is 8.55. The van der Waals surface area contributed by atoms with E-state index >= 15 is 0 Å². The van der Waals surface area contributed by atoms with Gasteiger partial charge in [-0.2, -0.15) is 0 Å². The predicted molar refractivity (Wildman–Crippen MR) is 102 cm³/mol. The van der Waals surface area contributed by atoms with Gasteiger partial charge in [-0.15, -0.1) is 11.6 Å². The highest BCUT2D eigenvalue weighted by molar-refractivity contribution is 6.17. The quantitative estimate of drug-likeness (QED) is 0.487. The van der Waals surface area contributed by atoms with E-state index in [1.807, 2.05) is 30.3 Å². The third-order valence-corrected chi connectivity index (χ3v) is 4.70. The fraction of sp³-hybridized carbons (Fsp3) is 0.286. The van der Waals surface area contributed by atoms with Gasteiger partial charge in [-0.05, 0) is 36.1 Å².